The summed E-state index contributed by atoms with van der Waals surface area (Å²) in [5.74, 6) is -0.652. The van der Waals surface area contributed by atoms with E-state index in [0.717, 1.165) is 30.7 Å². The van der Waals surface area contributed by atoms with E-state index in [1.807, 2.05) is 0 Å². The molecule has 6 heterocycles. The van der Waals surface area contributed by atoms with E-state index in [9.17, 15) is 8.78 Å². The Morgan fingerprint density at radius 1 is 1.23 bits per heavy atom. The first-order valence-corrected chi connectivity index (χ1v) is 17.6. The van der Waals surface area contributed by atoms with Crippen LogP contribution in [0.3, 0.4) is 0 Å². The second-order valence-electron chi connectivity index (χ2n) is 11.4. The predicted molar refractivity (Wildman–Crippen MR) is 155 cm³/mol. The molecule has 0 spiro atoms. The summed E-state index contributed by atoms with van der Waals surface area (Å²) in [7, 11) is 0. The van der Waals surface area contributed by atoms with Crippen LogP contribution in [0, 0.1) is 11.6 Å². The fourth-order valence-corrected chi connectivity index (χ4v) is 10.8. The molecule has 2 aromatic carbocycles. The zero-order chi connectivity index (χ0) is 29.5. The molecule has 15 heteroatoms. The van der Waals surface area contributed by atoms with Crippen molar-refractivity contribution in [3.05, 3.63) is 34.9 Å². The van der Waals surface area contributed by atoms with Crippen LogP contribution in [0.5, 0.6) is 6.01 Å². The van der Waals surface area contributed by atoms with Crippen LogP contribution in [0.4, 0.5) is 24.1 Å². The van der Waals surface area contributed by atoms with E-state index in [1.165, 1.54) is 12.1 Å². The predicted octanol–water partition coefficient (Wildman–Crippen LogP) is 1.51. The van der Waals surface area contributed by atoms with Crippen LogP contribution in [0.15, 0.2) is 18.2 Å². The number of fused-ring (bicyclic) bond motifs is 5. The van der Waals surface area contributed by atoms with Gasteiger partial charge in [0.2, 0.25) is 0 Å². The Morgan fingerprint density at radius 3 is 2.98 bits per heavy atom. The number of alkyl halides is 2. The first-order chi connectivity index (χ1) is 20.8. The van der Waals surface area contributed by atoms with Gasteiger partial charge in [0.05, 0.1) is 0 Å². The molecule has 0 aliphatic carbocycles. The molecular weight excluding hydrogens is 718 g/mol. The second-order valence-corrected chi connectivity index (χ2v) is 15.7. The number of rotatable bonds is 5. The van der Waals surface area contributed by atoms with Crippen molar-refractivity contribution in [2.75, 3.05) is 50.1 Å². The molecule has 4 saturated heterocycles. The van der Waals surface area contributed by atoms with E-state index < -0.39 is 44.8 Å². The first-order valence-electron chi connectivity index (χ1n) is 14.1. The van der Waals surface area contributed by atoms with Gasteiger partial charge < -0.3 is 0 Å². The molecule has 4 aliphatic heterocycles. The van der Waals surface area contributed by atoms with Crippen molar-refractivity contribution >= 4 is 55.0 Å². The zero-order valence-corrected chi connectivity index (χ0v) is 26.5. The number of benzene rings is 2. The monoisotopic (exact) mass is 744 g/mol. The molecule has 3 N–H and O–H groups in total. The van der Waals surface area contributed by atoms with Crippen LogP contribution >= 0.6 is 22.9 Å². The molecule has 4 fully saturated rings. The number of anilines is 2. The maximum atomic E-state index is 16.8. The Bertz CT molecular complexity index is 1750. The van der Waals surface area contributed by atoms with Gasteiger partial charge in [-0.25, -0.2) is 0 Å². The summed E-state index contributed by atoms with van der Waals surface area (Å²) < 4.78 is 61.8. The van der Waals surface area contributed by atoms with E-state index in [4.69, 9.17) is 31.8 Å². The van der Waals surface area contributed by atoms with Crippen LogP contribution in [-0.4, -0.2) is 81.1 Å². The summed E-state index contributed by atoms with van der Waals surface area (Å²) in [6, 6.07) is 4.39. The summed E-state index contributed by atoms with van der Waals surface area (Å²) in [5.41, 5.74) is 6.11. The van der Waals surface area contributed by atoms with Gasteiger partial charge in [0.15, 0.2) is 0 Å². The van der Waals surface area contributed by atoms with Crippen LogP contribution in [0.2, 0.25) is 5.02 Å². The van der Waals surface area contributed by atoms with Crippen molar-refractivity contribution in [2.45, 2.75) is 41.1 Å². The molecule has 4 aliphatic rings. The van der Waals surface area contributed by atoms with E-state index >= 15 is 4.39 Å². The molecule has 2 aromatic heterocycles. The molecule has 0 saturated carbocycles. The number of ether oxygens (including phenoxy) is 2. The minimum atomic E-state index is -0.907. The average molecular weight is 745 g/mol. The normalized spacial score (nSPS) is 27.5. The summed E-state index contributed by atoms with van der Waals surface area (Å²) in [4.78, 5) is 18.1. The molecule has 8 rings (SSSR count). The fourth-order valence-electron chi connectivity index (χ4n) is 6.97. The van der Waals surface area contributed by atoms with Gasteiger partial charge in [0, 0.05) is 0 Å². The van der Waals surface area contributed by atoms with Gasteiger partial charge in [-0.2, -0.15) is 0 Å². The molecule has 0 amide bonds. The summed E-state index contributed by atoms with van der Waals surface area (Å²) in [6.45, 7) is 3.17. The molecular formula is C28H27ClF3IN7O2S-. The Kier molecular flexibility index (Phi) is 7.02. The van der Waals surface area contributed by atoms with Crippen molar-refractivity contribution in [1.82, 2.24) is 23.4 Å². The fraction of sp³-hybridized carbons (Fsp3) is 0.464. The van der Waals surface area contributed by atoms with Gasteiger partial charge in [0.1, 0.15) is 0 Å². The van der Waals surface area contributed by atoms with Crippen molar-refractivity contribution < 1.29 is 44.1 Å². The van der Waals surface area contributed by atoms with Crippen molar-refractivity contribution in [3.8, 4) is 17.1 Å². The second kappa shape index (κ2) is 10.7. The number of morpholine rings is 1. The summed E-state index contributed by atoms with van der Waals surface area (Å²) in [6.07, 6.45) is 1.28. The van der Waals surface area contributed by atoms with Gasteiger partial charge in [0.25, 0.3) is 0 Å². The Balaban J connectivity index is 1.29. The quantitative estimate of drug-likeness (QED) is 0.137. The van der Waals surface area contributed by atoms with Gasteiger partial charge >= 0.3 is 266 Å². The molecule has 9 nitrogen and oxygen atoms in total. The maximum absolute atomic E-state index is 16.8. The topological polar surface area (TPSA) is 102 Å². The standard InChI is InChI=1S/C28H27ClF3IN7O2S/c29-17-6-16-22(21(32)20(17)15-2-3-18(31)24-23(15)36-26(34)43-24)37-27(42-12-28-4-1-5-39(28)9-13(30)7-28)38-25(16)40-14-8-35-33-19(40)11-41-10-14/h2-3,6,13-14,19,35H,1,4-5,7-12H2,(H2,34,36)/q-1/t13-,14?,19?,28-/m1/s1. The summed E-state index contributed by atoms with van der Waals surface area (Å²) >= 11 is 7.36. The van der Waals surface area contributed by atoms with Gasteiger partial charge in [-0.3, -0.25) is 0 Å². The SMILES string of the molecule is Nc1nc2c(-c3c(Cl)cc4c(N5C6CN[I-]C5COC6)nc(OC[C@]56CCCN5C[C@H](F)C6)nc4c3F)ccc(F)c2s1. The number of hydrogen-bond acceptors (Lipinski definition) is 10. The number of thiazole rings is 1. The summed E-state index contributed by atoms with van der Waals surface area (Å²) in [5, 5.41) is 0.732. The molecule has 2 bridgehead atoms. The first kappa shape index (κ1) is 28.2. The minimum absolute atomic E-state index is 0.0135. The zero-order valence-electron chi connectivity index (χ0n) is 22.8. The van der Waals surface area contributed by atoms with Gasteiger partial charge in [-0.05, 0) is 0 Å². The molecule has 4 aromatic rings. The van der Waals surface area contributed by atoms with Crippen molar-refractivity contribution in [2.24, 2.45) is 0 Å². The van der Waals surface area contributed by atoms with Crippen LogP contribution in [0.1, 0.15) is 19.3 Å². The number of halogens is 5. The number of aromatic nitrogens is 3. The van der Waals surface area contributed by atoms with Crippen LogP contribution in [-0.2, 0) is 4.74 Å². The van der Waals surface area contributed by atoms with Crippen molar-refractivity contribution in [1.29, 1.82) is 0 Å². The van der Waals surface area contributed by atoms with E-state index in [1.54, 1.807) is 6.07 Å². The molecule has 0 radical (unpaired) electrons. The van der Waals surface area contributed by atoms with E-state index in [0.29, 0.717) is 49.5 Å². The van der Waals surface area contributed by atoms with Gasteiger partial charge in [-0.15, -0.1) is 0 Å². The Labute approximate surface area is 264 Å². The third-order valence-corrected chi connectivity index (χ3v) is 12.6. The van der Waals surface area contributed by atoms with Crippen molar-refractivity contribution in [3.63, 3.8) is 0 Å². The number of nitrogen functional groups attached to an aromatic ring is 1. The number of nitrogens with zero attached hydrogens (tertiary/aromatic N) is 5. The van der Waals surface area contributed by atoms with Gasteiger partial charge in [-0.1, -0.05) is 0 Å². The van der Waals surface area contributed by atoms with E-state index in [-0.39, 0.29) is 54.2 Å². The number of nitrogens with one attached hydrogen (secondary N) is 1. The van der Waals surface area contributed by atoms with E-state index in [2.05, 4.69) is 23.3 Å². The molecule has 4 atom stereocenters. The Morgan fingerprint density at radius 2 is 2.12 bits per heavy atom. The number of hydrogen-bond donors (Lipinski definition) is 2. The molecule has 43 heavy (non-hydrogen) atoms. The average Bonchev–Trinajstić information content (AvgIpc) is 3.64. The number of nitrogens with two attached hydrogens (primary N) is 1. The Hall–Kier alpha value is -2.24. The molecule has 228 valence electrons. The van der Waals surface area contributed by atoms with Crippen LogP contribution in [0.25, 0.3) is 32.2 Å². The third-order valence-electron chi connectivity index (χ3n) is 8.88. The molecule has 2 unspecified atom stereocenters. The van der Waals surface area contributed by atoms with Crippen LogP contribution < -0.4 is 40.4 Å². The third kappa shape index (κ3) is 4.62.